The van der Waals surface area contributed by atoms with Gasteiger partial charge in [0.15, 0.2) is 0 Å². The standard InChI is InChI=1S/C20H24ClN/c1-14-4-7-18(8-5-14)22(3)11-10-19-15(2)12-16-13-17(21)6-9-20(16)19/h4-9,13,15,19H,10-12H2,1-3H3/t15-,19?/m1/s1. The lowest BCUT2D eigenvalue weighted by molar-refractivity contribution is 0.472. The lowest BCUT2D eigenvalue weighted by Gasteiger charge is -2.24. The van der Waals surface area contributed by atoms with Gasteiger partial charge in [-0.2, -0.15) is 0 Å². The van der Waals surface area contributed by atoms with E-state index in [-0.39, 0.29) is 0 Å². The third-order valence-electron chi connectivity index (χ3n) is 4.98. The topological polar surface area (TPSA) is 3.24 Å². The molecular weight excluding hydrogens is 290 g/mol. The first-order valence-electron chi connectivity index (χ1n) is 8.10. The van der Waals surface area contributed by atoms with E-state index in [1.165, 1.54) is 28.8 Å². The van der Waals surface area contributed by atoms with Gasteiger partial charge in [0.1, 0.15) is 0 Å². The predicted octanol–water partition coefficient (Wildman–Crippen LogP) is 5.45. The molecule has 0 N–H and O–H groups in total. The SMILES string of the molecule is Cc1ccc(N(C)CCC2c3ccc(Cl)cc3C[C@H]2C)cc1. The van der Waals surface area contributed by atoms with E-state index in [0.717, 1.165) is 18.0 Å². The summed E-state index contributed by atoms with van der Waals surface area (Å²) in [6.07, 6.45) is 2.36. The zero-order chi connectivity index (χ0) is 15.7. The first kappa shape index (κ1) is 15.4. The van der Waals surface area contributed by atoms with Crippen LogP contribution in [0.1, 0.15) is 36.0 Å². The van der Waals surface area contributed by atoms with E-state index < -0.39 is 0 Å². The summed E-state index contributed by atoms with van der Waals surface area (Å²) in [4.78, 5) is 2.36. The quantitative estimate of drug-likeness (QED) is 0.725. The fourth-order valence-electron chi connectivity index (χ4n) is 3.61. The third kappa shape index (κ3) is 3.15. The second kappa shape index (κ2) is 6.34. The van der Waals surface area contributed by atoms with Crippen molar-refractivity contribution in [3.05, 3.63) is 64.2 Å². The van der Waals surface area contributed by atoms with Crippen LogP contribution >= 0.6 is 11.6 Å². The number of nitrogens with zero attached hydrogens (tertiary/aromatic N) is 1. The fourth-order valence-corrected chi connectivity index (χ4v) is 3.80. The highest BCUT2D eigenvalue weighted by molar-refractivity contribution is 6.30. The number of anilines is 1. The van der Waals surface area contributed by atoms with Gasteiger partial charge in [0.2, 0.25) is 0 Å². The highest BCUT2D eigenvalue weighted by Gasteiger charge is 2.29. The number of hydrogen-bond acceptors (Lipinski definition) is 1. The molecule has 2 aromatic rings. The number of rotatable bonds is 4. The zero-order valence-electron chi connectivity index (χ0n) is 13.6. The van der Waals surface area contributed by atoms with Crippen LogP contribution in [0.5, 0.6) is 0 Å². The molecule has 116 valence electrons. The average molecular weight is 314 g/mol. The minimum absolute atomic E-state index is 0.653. The summed E-state index contributed by atoms with van der Waals surface area (Å²) >= 11 is 6.13. The van der Waals surface area contributed by atoms with E-state index in [1.54, 1.807) is 0 Å². The van der Waals surface area contributed by atoms with Crippen molar-refractivity contribution in [2.45, 2.75) is 32.6 Å². The Kier molecular flexibility index (Phi) is 4.44. The normalized spacial score (nSPS) is 20.0. The molecule has 1 aliphatic rings. The molecule has 2 atom stereocenters. The number of halogens is 1. The van der Waals surface area contributed by atoms with Crippen LogP contribution < -0.4 is 4.90 Å². The zero-order valence-corrected chi connectivity index (χ0v) is 14.4. The summed E-state index contributed by atoms with van der Waals surface area (Å²) in [7, 11) is 2.19. The lowest BCUT2D eigenvalue weighted by atomic mass is 9.91. The molecule has 0 aromatic heterocycles. The van der Waals surface area contributed by atoms with Crippen molar-refractivity contribution in [2.75, 3.05) is 18.5 Å². The summed E-state index contributed by atoms with van der Waals surface area (Å²) in [6, 6.07) is 15.2. The molecule has 0 fully saturated rings. The van der Waals surface area contributed by atoms with Crippen molar-refractivity contribution in [2.24, 2.45) is 5.92 Å². The lowest BCUT2D eigenvalue weighted by Crippen LogP contribution is -2.21. The maximum Gasteiger partial charge on any atom is 0.0408 e. The Morgan fingerprint density at radius 1 is 1.14 bits per heavy atom. The predicted molar refractivity (Wildman–Crippen MR) is 96.1 cm³/mol. The van der Waals surface area contributed by atoms with Gasteiger partial charge in [0.25, 0.3) is 0 Å². The molecule has 2 heteroatoms. The molecular formula is C20H24ClN. The fraction of sp³-hybridized carbons (Fsp3) is 0.400. The van der Waals surface area contributed by atoms with Gasteiger partial charge in [-0.15, -0.1) is 0 Å². The molecule has 0 saturated heterocycles. The number of fused-ring (bicyclic) bond motifs is 1. The van der Waals surface area contributed by atoms with Crippen LogP contribution in [0, 0.1) is 12.8 Å². The summed E-state index contributed by atoms with van der Waals surface area (Å²) in [5.74, 6) is 1.36. The molecule has 1 unspecified atom stereocenters. The molecule has 0 aliphatic heterocycles. The van der Waals surface area contributed by atoms with Gasteiger partial charge in [0.05, 0.1) is 0 Å². The average Bonchev–Trinajstić information content (AvgIpc) is 2.80. The summed E-state index contributed by atoms with van der Waals surface area (Å²) < 4.78 is 0. The molecule has 0 heterocycles. The third-order valence-corrected chi connectivity index (χ3v) is 5.22. The number of benzene rings is 2. The van der Waals surface area contributed by atoms with Gasteiger partial charge in [-0.25, -0.2) is 0 Å². The van der Waals surface area contributed by atoms with Crippen LogP contribution in [0.4, 0.5) is 5.69 Å². The smallest absolute Gasteiger partial charge is 0.0408 e. The van der Waals surface area contributed by atoms with Gasteiger partial charge >= 0.3 is 0 Å². The van der Waals surface area contributed by atoms with Crippen LogP contribution in [0.25, 0.3) is 0 Å². The highest BCUT2D eigenvalue weighted by Crippen LogP contribution is 2.41. The molecule has 0 spiro atoms. The molecule has 0 bridgehead atoms. The Morgan fingerprint density at radius 3 is 2.59 bits per heavy atom. The molecule has 1 nitrogen and oxygen atoms in total. The van der Waals surface area contributed by atoms with Crippen LogP contribution in [0.3, 0.4) is 0 Å². The summed E-state index contributed by atoms with van der Waals surface area (Å²) in [5, 5.41) is 0.864. The van der Waals surface area contributed by atoms with Crippen molar-refractivity contribution < 1.29 is 0 Å². The number of aryl methyl sites for hydroxylation is 1. The van der Waals surface area contributed by atoms with E-state index in [0.29, 0.717) is 11.8 Å². The highest BCUT2D eigenvalue weighted by atomic mass is 35.5. The van der Waals surface area contributed by atoms with Crippen LogP contribution in [-0.2, 0) is 6.42 Å². The Bertz CT molecular complexity index is 647. The maximum atomic E-state index is 6.13. The van der Waals surface area contributed by atoms with E-state index in [2.05, 4.69) is 62.2 Å². The van der Waals surface area contributed by atoms with Gasteiger partial charge in [0, 0.05) is 24.3 Å². The maximum absolute atomic E-state index is 6.13. The minimum atomic E-state index is 0.653. The van der Waals surface area contributed by atoms with Crippen molar-refractivity contribution in [3.8, 4) is 0 Å². The summed E-state index contributed by atoms with van der Waals surface area (Å²) in [6.45, 7) is 5.58. The monoisotopic (exact) mass is 313 g/mol. The van der Waals surface area contributed by atoms with Crippen LogP contribution in [-0.4, -0.2) is 13.6 Å². The molecule has 0 saturated carbocycles. The first-order chi connectivity index (χ1) is 10.5. The summed E-state index contributed by atoms with van der Waals surface area (Å²) in [5.41, 5.74) is 5.57. The van der Waals surface area contributed by atoms with E-state index in [9.17, 15) is 0 Å². The van der Waals surface area contributed by atoms with Gasteiger partial charge in [-0.3, -0.25) is 0 Å². The number of hydrogen-bond donors (Lipinski definition) is 0. The molecule has 0 amide bonds. The van der Waals surface area contributed by atoms with Crippen molar-refractivity contribution >= 4 is 17.3 Å². The van der Waals surface area contributed by atoms with E-state index in [4.69, 9.17) is 11.6 Å². The molecule has 22 heavy (non-hydrogen) atoms. The second-order valence-corrected chi connectivity index (χ2v) is 7.11. The second-order valence-electron chi connectivity index (χ2n) is 6.68. The molecule has 1 aliphatic carbocycles. The Morgan fingerprint density at radius 2 is 1.86 bits per heavy atom. The van der Waals surface area contributed by atoms with E-state index >= 15 is 0 Å². The largest absolute Gasteiger partial charge is 0.375 e. The Hall–Kier alpha value is -1.47. The van der Waals surface area contributed by atoms with Gasteiger partial charge in [-0.1, -0.05) is 42.3 Å². The van der Waals surface area contributed by atoms with Gasteiger partial charge < -0.3 is 4.90 Å². The Balaban J connectivity index is 1.68. The van der Waals surface area contributed by atoms with Gasteiger partial charge in [-0.05, 0) is 67.0 Å². The molecule has 3 rings (SSSR count). The molecule has 0 radical (unpaired) electrons. The van der Waals surface area contributed by atoms with Crippen molar-refractivity contribution in [3.63, 3.8) is 0 Å². The van der Waals surface area contributed by atoms with Crippen LogP contribution in [0.15, 0.2) is 42.5 Å². The van der Waals surface area contributed by atoms with Crippen molar-refractivity contribution in [1.82, 2.24) is 0 Å². The van der Waals surface area contributed by atoms with E-state index in [1.807, 2.05) is 6.07 Å². The molecule has 2 aromatic carbocycles. The van der Waals surface area contributed by atoms with Crippen molar-refractivity contribution in [1.29, 1.82) is 0 Å². The van der Waals surface area contributed by atoms with Crippen LogP contribution in [0.2, 0.25) is 5.02 Å². The first-order valence-corrected chi connectivity index (χ1v) is 8.48. The Labute approximate surface area is 138 Å². The minimum Gasteiger partial charge on any atom is -0.375 e.